The first-order valence-electron chi connectivity index (χ1n) is 8.81. The summed E-state index contributed by atoms with van der Waals surface area (Å²) in [6, 6.07) is 9.40. The van der Waals surface area contributed by atoms with Crippen molar-refractivity contribution >= 4 is 45.6 Å². The minimum atomic E-state index is -0.845. The maximum absolute atomic E-state index is 13.8. The van der Waals surface area contributed by atoms with Crippen molar-refractivity contribution < 1.29 is 18.7 Å². The zero-order valence-corrected chi connectivity index (χ0v) is 18.2. The normalized spacial score (nSPS) is 11.9. The summed E-state index contributed by atoms with van der Waals surface area (Å²) in [5, 5.41) is 6.60. The van der Waals surface area contributed by atoms with Gasteiger partial charge in [-0.25, -0.2) is 9.82 Å². The fourth-order valence-electron chi connectivity index (χ4n) is 2.14. The van der Waals surface area contributed by atoms with E-state index in [0.29, 0.717) is 22.2 Å². The third-order valence-corrected chi connectivity index (χ3v) is 4.94. The average molecular weight is 485 g/mol. The second kappa shape index (κ2) is 10.9. The molecule has 0 heterocycles. The number of nitrogens with zero attached hydrogens (tertiary/aromatic N) is 1. The first-order valence-corrected chi connectivity index (χ1v) is 9.98. The molecule has 0 aliphatic carbocycles. The van der Waals surface area contributed by atoms with Gasteiger partial charge >= 0.3 is 11.8 Å². The van der Waals surface area contributed by atoms with Crippen molar-refractivity contribution in [3.05, 3.63) is 62.8 Å². The number of hydrogen-bond acceptors (Lipinski definition) is 4. The molecule has 1 atom stereocenters. The predicted molar refractivity (Wildman–Crippen MR) is 114 cm³/mol. The summed E-state index contributed by atoms with van der Waals surface area (Å²) in [5.74, 6) is -1.54. The summed E-state index contributed by atoms with van der Waals surface area (Å²) in [5.41, 5.74) is 3.09. The quantitative estimate of drug-likeness (QED) is 0.351. The van der Waals surface area contributed by atoms with Crippen molar-refractivity contribution in [2.45, 2.75) is 32.9 Å². The Kier molecular flexibility index (Phi) is 8.60. The molecular formula is C20H20BrClFN3O3. The standard InChI is InChI=1S/C20H20BrClFN3O3/c1-3-12(2)25-19(27)20(28)26-24-10-13-7-8-18(15(21)9-13)29-11-14-16(22)5-4-6-17(14)23/h4-10,12H,3,11H2,1-2H3,(H,25,27)(H,26,28)/b24-10-/t12-/m1/s1. The van der Waals surface area contributed by atoms with Gasteiger partial charge in [-0.15, -0.1) is 0 Å². The van der Waals surface area contributed by atoms with Gasteiger partial charge in [-0.2, -0.15) is 5.10 Å². The number of benzene rings is 2. The van der Waals surface area contributed by atoms with Gasteiger partial charge in [0, 0.05) is 11.6 Å². The monoisotopic (exact) mass is 483 g/mol. The van der Waals surface area contributed by atoms with Crippen LogP contribution in [0.15, 0.2) is 46.0 Å². The lowest BCUT2D eigenvalue weighted by Gasteiger charge is -2.11. The van der Waals surface area contributed by atoms with E-state index >= 15 is 0 Å². The Balaban J connectivity index is 1.94. The number of carbonyl (C=O) groups excluding carboxylic acids is 2. The number of ether oxygens (including phenoxy) is 1. The van der Waals surface area contributed by atoms with E-state index in [-0.39, 0.29) is 23.2 Å². The maximum atomic E-state index is 13.8. The van der Waals surface area contributed by atoms with Crippen LogP contribution in [0.1, 0.15) is 31.4 Å². The third-order valence-electron chi connectivity index (χ3n) is 3.97. The van der Waals surface area contributed by atoms with Crippen LogP contribution in [0.5, 0.6) is 5.75 Å². The first-order chi connectivity index (χ1) is 13.8. The molecule has 2 rings (SSSR count). The molecule has 2 aromatic rings. The van der Waals surface area contributed by atoms with Gasteiger partial charge in [-0.05, 0) is 65.2 Å². The Hall–Kier alpha value is -2.45. The van der Waals surface area contributed by atoms with Gasteiger partial charge in [0.2, 0.25) is 0 Å². The molecule has 0 bridgehead atoms. The molecule has 2 amide bonds. The topological polar surface area (TPSA) is 79.8 Å². The van der Waals surface area contributed by atoms with Crippen molar-refractivity contribution in [3.8, 4) is 5.75 Å². The molecule has 2 aromatic carbocycles. The highest BCUT2D eigenvalue weighted by Crippen LogP contribution is 2.28. The zero-order chi connectivity index (χ0) is 21.4. The van der Waals surface area contributed by atoms with Crippen LogP contribution in [-0.4, -0.2) is 24.1 Å². The Morgan fingerprint density at radius 3 is 2.72 bits per heavy atom. The van der Waals surface area contributed by atoms with Crippen LogP contribution < -0.4 is 15.5 Å². The second-order valence-corrected chi connectivity index (χ2v) is 7.42. The first kappa shape index (κ1) is 22.8. The van der Waals surface area contributed by atoms with Gasteiger partial charge < -0.3 is 10.1 Å². The largest absolute Gasteiger partial charge is 0.488 e. The van der Waals surface area contributed by atoms with Gasteiger partial charge in [0.05, 0.1) is 15.7 Å². The SMILES string of the molecule is CC[C@@H](C)NC(=O)C(=O)N/N=C\c1ccc(OCc2c(F)cccc2Cl)c(Br)c1. The lowest BCUT2D eigenvalue weighted by atomic mass is 10.2. The van der Waals surface area contributed by atoms with Gasteiger partial charge in [0.1, 0.15) is 18.2 Å². The van der Waals surface area contributed by atoms with Crippen LogP contribution in [0.2, 0.25) is 5.02 Å². The number of rotatable bonds is 7. The summed E-state index contributed by atoms with van der Waals surface area (Å²) in [6.45, 7) is 3.67. The van der Waals surface area contributed by atoms with E-state index in [2.05, 4.69) is 31.8 Å². The Labute approximate surface area is 181 Å². The molecule has 0 aliphatic rings. The van der Waals surface area contributed by atoms with Crippen molar-refractivity contribution in [2.75, 3.05) is 0 Å². The number of carbonyl (C=O) groups is 2. The van der Waals surface area contributed by atoms with Crippen molar-refractivity contribution in [3.63, 3.8) is 0 Å². The molecule has 9 heteroatoms. The molecule has 0 saturated heterocycles. The van der Waals surface area contributed by atoms with E-state index in [4.69, 9.17) is 16.3 Å². The molecule has 0 saturated carbocycles. The summed E-state index contributed by atoms with van der Waals surface area (Å²) < 4.78 is 20.0. The highest BCUT2D eigenvalue weighted by molar-refractivity contribution is 9.10. The molecule has 29 heavy (non-hydrogen) atoms. The van der Waals surface area contributed by atoms with Gasteiger partial charge in [0.15, 0.2) is 0 Å². The smallest absolute Gasteiger partial charge is 0.329 e. The number of nitrogens with one attached hydrogen (secondary N) is 2. The number of amides is 2. The van der Waals surface area contributed by atoms with Crippen molar-refractivity contribution in [2.24, 2.45) is 5.10 Å². The zero-order valence-electron chi connectivity index (χ0n) is 15.8. The maximum Gasteiger partial charge on any atom is 0.329 e. The van der Waals surface area contributed by atoms with Crippen LogP contribution in [0.4, 0.5) is 4.39 Å². The van der Waals surface area contributed by atoms with Crippen LogP contribution in [-0.2, 0) is 16.2 Å². The molecule has 0 spiro atoms. The molecular weight excluding hydrogens is 465 g/mol. The van der Waals surface area contributed by atoms with E-state index in [1.807, 2.05) is 6.92 Å². The molecule has 0 aliphatic heterocycles. The highest BCUT2D eigenvalue weighted by Gasteiger charge is 2.14. The second-order valence-electron chi connectivity index (χ2n) is 6.16. The van der Waals surface area contributed by atoms with E-state index in [1.54, 1.807) is 31.2 Å². The van der Waals surface area contributed by atoms with Gasteiger partial charge in [-0.3, -0.25) is 9.59 Å². The number of halogens is 3. The van der Waals surface area contributed by atoms with E-state index < -0.39 is 17.6 Å². The fraction of sp³-hybridized carbons (Fsp3) is 0.250. The van der Waals surface area contributed by atoms with E-state index in [0.717, 1.165) is 0 Å². The minimum absolute atomic E-state index is 0.0289. The Morgan fingerprint density at radius 1 is 1.31 bits per heavy atom. The molecule has 154 valence electrons. The van der Waals surface area contributed by atoms with Gasteiger partial charge in [-0.1, -0.05) is 24.6 Å². The molecule has 0 fully saturated rings. The Bertz CT molecular complexity index is 904. The third kappa shape index (κ3) is 6.83. The van der Waals surface area contributed by atoms with Crippen molar-refractivity contribution in [1.29, 1.82) is 0 Å². The Morgan fingerprint density at radius 2 is 2.07 bits per heavy atom. The predicted octanol–water partition coefficient (Wildman–Crippen LogP) is 4.19. The fourth-order valence-corrected chi connectivity index (χ4v) is 2.87. The molecule has 0 unspecified atom stereocenters. The van der Waals surface area contributed by atoms with Crippen LogP contribution in [0.3, 0.4) is 0 Å². The molecule has 0 radical (unpaired) electrons. The van der Waals surface area contributed by atoms with E-state index in [1.165, 1.54) is 18.3 Å². The van der Waals surface area contributed by atoms with Gasteiger partial charge in [0.25, 0.3) is 0 Å². The molecule has 0 aromatic heterocycles. The summed E-state index contributed by atoms with van der Waals surface area (Å²) in [6.07, 6.45) is 2.10. The van der Waals surface area contributed by atoms with Crippen LogP contribution in [0.25, 0.3) is 0 Å². The van der Waals surface area contributed by atoms with Crippen LogP contribution >= 0.6 is 27.5 Å². The number of hydrogen-bond donors (Lipinski definition) is 2. The lowest BCUT2D eigenvalue weighted by molar-refractivity contribution is -0.139. The molecule has 6 nitrogen and oxygen atoms in total. The van der Waals surface area contributed by atoms with E-state index in [9.17, 15) is 14.0 Å². The van der Waals surface area contributed by atoms with Crippen LogP contribution in [0, 0.1) is 5.82 Å². The van der Waals surface area contributed by atoms with Crippen molar-refractivity contribution in [1.82, 2.24) is 10.7 Å². The average Bonchev–Trinajstić information content (AvgIpc) is 2.68. The summed E-state index contributed by atoms with van der Waals surface area (Å²) in [4.78, 5) is 23.3. The minimum Gasteiger partial charge on any atom is -0.488 e. The summed E-state index contributed by atoms with van der Waals surface area (Å²) >= 11 is 9.36. The lowest BCUT2D eigenvalue weighted by Crippen LogP contribution is -2.41. The number of hydrazone groups is 1. The summed E-state index contributed by atoms with van der Waals surface area (Å²) in [7, 11) is 0. The molecule has 2 N–H and O–H groups in total. The highest BCUT2D eigenvalue weighted by atomic mass is 79.9.